The summed E-state index contributed by atoms with van der Waals surface area (Å²) in [5, 5.41) is 0. The highest BCUT2D eigenvalue weighted by atomic mass is 16.2. The number of nitrogens with two attached hydrogens (primary N) is 1. The Morgan fingerprint density at radius 1 is 1.31 bits per heavy atom. The molecule has 4 heteroatoms. The normalized spacial score (nSPS) is 22.4. The summed E-state index contributed by atoms with van der Waals surface area (Å²) in [6.07, 6.45) is 2.41. The van der Waals surface area contributed by atoms with Gasteiger partial charge in [-0.1, -0.05) is 20.8 Å². The van der Waals surface area contributed by atoms with Gasteiger partial charge in [0.15, 0.2) is 0 Å². The minimum absolute atomic E-state index is 0.0129. The molecule has 0 bridgehead atoms. The Hall–Kier alpha value is -0.900. The molecule has 0 radical (unpaired) electrons. The Kier molecular flexibility index (Phi) is 4.08. The van der Waals surface area contributed by atoms with Crippen LogP contribution in [0.2, 0.25) is 0 Å². The molecule has 1 saturated heterocycles. The molecule has 0 aromatic carbocycles. The average Bonchev–Trinajstić information content (AvgIpc) is 2.13. The van der Waals surface area contributed by atoms with Crippen LogP contribution in [0.1, 0.15) is 46.5 Å². The molecule has 2 amide bonds. The molecule has 0 aromatic heterocycles. The van der Waals surface area contributed by atoms with E-state index in [4.69, 9.17) is 5.73 Å². The van der Waals surface area contributed by atoms with Crippen molar-refractivity contribution in [2.45, 2.75) is 52.5 Å². The minimum Gasteiger partial charge on any atom is -0.330 e. The fraction of sp³-hybridized carbons (Fsp3) is 0.833. The molecule has 1 unspecified atom stereocenters. The van der Waals surface area contributed by atoms with Crippen molar-refractivity contribution in [3.05, 3.63) is 0 Å². The monoisotopic (exact) mass is 226 g/mol. The van der Waals surface area contributed by atoms with E-state index in [-0.39, 0.29) is 23.3 Å². The van der Waals surface area contributed by atoms with Gasteiger partial charge in [-0.25, -0.2) is 0 Å². The predicted molar refractivity (Wildman–Crippen MR) is 62.6 cm³/mol. The van der Waals surface area contributed by atoms with Crippen molar-refractivity contribution in [3.63, 3.8) is 0 Å². The van der Waals surface area contributed by atoms with Gasteiger partial charge in [0.05, 0.1) is 0 Å². The van der Waals surface area contributed by atoms with Crippen molar-refractivity contribution in [1.82, 2.24) is 4.90 Å². The SMILES string of the molecule is CCC(CCN)N1C(=O)CC(C)(C)CC1=O. The van der Waals surface area contributed by atoms with Crippen molar-refractivity contribution < 1.29 is 9.59 Å². The molecule has 1 rings (SSSR count). The summed E-state index contributed by atoms with van der Waals surface area (Å²) in [7, 11) is 0. The zero-order valence-electron chi connectivity index (χ0n) is 10.5. The first kappa shape index (κ1) is 13.2. The van der Waals surface area contributed by atoms with Crippen molar-refractivity contribution in [1.29, 1.82) is 0 Å². The molecule has 1 aliphatic rings. The summed E-state index contributed by atoms with van der Waals surface area (Å²) in [5.41, 5.74) is 5.32. The number of hydrogen-bond donors (Lipinski definition) is 1. The summed E-state index contributed by atoms with van der Waals surface area (Å²) >= 11 is 0. The molecule has 0 aliphatic carbocycles. The zero-order valence-corrected chi connectivity index (χ0v) is 10.5. The molecule has 2 N–H and O–H groups in total. The van der Waals surface area contributed by atoms with Crippen LogP contribution in [0, 0.1) is 5.41 Å². The summed E-state index contributed by atoms with van der Waals surface area (Å²) in [6, 6.07) is -0.0129. The van der Waals surface area contributed by atoms with Crippen molar-refractivity contribution in [2.75, 3.05) is 6.54 Å². The first-order valence-corrected chi connectivity index (χ1v) is 5.96. The maximum atomic E-state index is 12.0. The minimum atomic E-state index is -0.189. The molecule has 1 heterocycles. The Balaban J connectivity index is 2.80. The number of imide groups is 1. The van der Waals surface area contributed by atoms with Crippen LogP contribution < -0.4 is 5.73 Å². The number of nitrogens with zero attached hydrogens (tertiary/aromatic N) is 1. The van der Waals surface area contributed by atoms with Crippen LogP contribution in [0.25, 0.3) is 0 Å². The number of hydrogen-bond acceptors (Lipinski definition) is 3. The number of piperidine rings is 1. The number of carbonyl (C=O) groups excluding carboxylic acids is 2. The van der Waals surface area contributed by atoms with Gasteiger partial charge in [-0.3, -0.25) is 14.5 Å². The molecule has 0 spiro atoms. The van der Waals surface area contributed by atoms with Gasteiger partial charge in [0.25, 0.3) is 0 Å². The molecular formula is C12H22N2O2. The fourth-order valence-corrected chi connectivity index (χ4v) is 2.31. The summed E-state index contributed by atoms with van der Waals surface area (Å²) in [4.78, 5) is 25.4. The van der Waals surface area contributed by atoms with E-state index >= 15 is 0 Å². The van der Waals surface area contributed by atoms with E-state index in [1.165, 1.54) is 4.90 Å². The van der Waals surface area contributed by atoms with Crippen LogP contribution in [0.15, 0.2) is 0 Å². The fourth-order valence-electron chi connectivity index (χ4n) is 2.31. The van der Waals surface area contributed by atoms with Crippen LogP contribution >= 0.6 is 0 Å². The molecule has 0 saturated carbocycles. The largest absolute Gasteiger partial charge is 0.330 e. The topological polar surface area (TPSA) is 63.4 Å². The number of amides is 2. The van der Waals surface area contributed by atoms with Crippen LogP contribution in [-0.2, 0) is 9.59 Å². The van der Waals surface area contributed by atoms with Gasteiger partial charge in [-0.05, 0) is 24.8 Å². The second kappa shape index (κ2) is 4.95. The Bertz CT molecular complexity index is 267. The third kappa shape index (κ3) is 2.82. The molecule has 4 nitrogen and oxygen atoms in total. The number of rotatable bonds is 4. The van der Waals surface area contributed by atoms with E-state index in [0.29, 0.717) is 25.8 Å². The lowest BCUT2D eigenvalue weighted by atomic mass is 9.81. The quantitative estimate of drug-likeness (QED) is 0.735. The molecular weight excluding hydrogens is 204 g/mol. The van der Waals surface area contributed by atoms with Gasteiger partial charge >= 0.3 is 0 Å². The average molecular weight is 226 g/mol. The highest BCUT2D eigenvalue weighted by Crippen LogP contribution is 2.33. The van der Waals surface area contributed by atoms with Crippen molar-refractivity contribution >= 4 is 11.8 Å². The maximum absolute atomic E-state index is 12.0. The smallest absolute Gasteiger partial charge is 0.229 e. The van der Waals surface area contributed by atoms with Gasteiger partial charge in [-0.15, -0.1) is 0 Å². The Labute approximate surface area is 97.2 Å². The molecule has 0 aromatic rings. The first-order valence-electron chi connectivity index (χ1n) is 5.96. The lowest BCUT2D eigenvalue weighted by molar-refractivity contribution is -0.155. The van der Waals surface area contributed by atoms with Gasteiger partial charge in [-0.2, -0.15) is 0 Å². The van der Waals surface area contributed by atoms with Crippen LogP contribution in [0.3, 0.4) is 0 Å². The van der Waals surface area contributed by atoms with E-state index in [0.717, 1.165) is 6.42 Å². The second-order valence-corrected chi connectivity index (χ2v) is 5.31. The standard InChI is InChI=1S/C12H22N2O2/c1-4-9(5-6-13)14-10(15)7-12(2,3)8-11(14)16/h9H,4-8,13H2,1-3H3. The van der Waals surface area contributed by atoms with E-state index in [2.05, 4.69) is 0 Å². The third-order valence-corrected chi connectivity index (χ3v) is 3.13. The van der Waals surface area contributed by atoms with E-state index < -0.39 is 0 Å². The van der Waals surface area contributed by atoms with Gasteiger partial charge in [0, 0.05) is 18.9 Å². The van der Waals surface area contributed by atoms with Gasteiger partial charge in [0.1, 0.15) is 0 Å². The maximum Gasteiger partial charge on any atom is 0.229 e. The molecule has 1 aliphatic heterocycles. The summed E-state index contributed by atoms with van der Waals surface area (Å²) < 4.78 is 0. The van der Waals surface area contributed by atoms with Gasteiger partial charge < -0.3 is 5.73 Å². The van der Waals surface area contributed by atoms with Crippen molar-refractivity contribution in [3.8, 4) is 0 Å². The van der Waals surface area contributed by atoms with Gasteiger partial charge in [0.2, 0.25) is 11.8 Å². The lowest BCUT2D eigenvalue weighted by Crippen LogP contribution is -2.51. The van der Waals surface area contributed by atoms with Crippen LogP contribution in [0.5, 0.6) is 0 Å². The predicted octanol–water partition coefficient (Wildman–Crippen LogP) is 1.29. The number of carbonyl (C=O) groups is 2. The number of likely N-dealkylation sites (tertiary alicyclic amines) is 1. The third-order valence-electron chi connectivity index (χ3n) is 3.13. The first-order chi connectivity index (χ1) is 7.41. The second-order valence-electron chi connectivity index (χ2n) is 5.31. The highest BCUT2D eigenvalue weighted by Gasteiger charge is 2.39. The summed E-state index contributed by atoms with van der Waals surface area (Å²) in [6.45, 7) is 6.42. The van der Waals surface area contributed by atoms with Crippen molar-refractivity contribution in [2.24, 2.45) is 11.1 Å². The summed E-state index contributed by atoms with van der Waals surface area (Å²) in [5.74, 6) is -0.0805. The Morgan fingerprint density at radius 2 is 1.81 bits per heavy atom. The van der Waals surface area contributed by atoms with E-state index in [1.807, 2.05) is 20.8 Å². The molecule has 92 valence electrons. The van der Waals surface area contributed by atoms with Crippen LogP contribution in [-0.4, -0.2) is 29.3 Å². The zero-order chi connectivity index (χ0) is 12.3. The van der Waals surface area contributed by atoms with Crippen LogP contribution in [0.4, 0.5) is 0 Å². The van der Waals surface area contributed by atoms with E-state index in [9.17, 15) is 9.59 Å². The Morgan fingerprint density at radius 3 is 2.19 bits per heavy atom. The lowest BCUT2D eigenvalue weighted by Gasteiger charge is -2.38. The highest BCUT2D eigenvalue weighted by molar-refractivity contribution is 5.98. The molecule has 16 heavy (non-hydrogen) atoms. The molecule has 1 fully saturated rings. The molecule has 1 atom stereocenters. The van der Waals surface area contributed by atoms with E-state index in [1.54, 1.807) is 0 Å².